The first kappa shape index (κ1) is 9.71. The molecule has 2 aromatic carbocycles. The Bertz CT molecular complexity index is 497. The van der Waals surface area contributed by atoms with Gasteiger partial charge in [0.05, 0.1) is 5.92 Å². The van der Waals surface area contributed by atoms with Crippen molar-refractivity contribution in [2.24, 2.45) is 0 Å². The summed E-state index contributed by atoms with van der Waals surface area (Å²) in [5.41, 5.74) is 0.876. The fourth-order valence-corrected chi connectivity index (χ4v) is 1.76. The highest BCUT2D eigenvalue weighted by atomic mass is 16.4. The molecule has 0 fully saturated rings. The van der Waals surface area contributed by atoms with Gasteiger partial charge in [-0.15, -0.1) is 0 Å². The monoisotopic (exact) mass is 200 g/mol. The third-order valence-corrected chi connectivity index (χ3v) is 2.66. The summed E-state index contributed by atoms with van der Waals surface area (Å²) < 4.78 is 0. The van der Waals surface area contributed by atoms with Gasteiger partial charge in [-0.05, 0) is 23.3 Å². The third kappa shape index (κ3) is 1.71. The summed E-state index contributed by atoms with van der Waals surface area (Å²) in [4.78, 5) is 10.9. The Morgan fingerprint density at radius 1 is 1.13 bits per heavy atom. The van der Waals surface area contributed by atoms with Crippen molar-refractivity contribution in [2.75, 3.05) is 0 Å². The van der Waals surface area contributed by atoms with E-state index in [-0.39, 0.29) is 0 Å². The van der Waals surface area contributed by atoms with Crippen molar-refractivity contribution >= 4 is 16.7 Å². The number of carboxylic acids is 1. The van der Waals surface area contributed by atoms with Crippen LogP contribution in [0.5, 0.6) is 0 Å². The average molecular weight is 200 g/mol. The van der Waals surface area contributed by atoms with Crippen molar-refractivity contribution in [2.45, 2.75) is 12.8 Å². The summed E-state index contributed by atoms with van der Waals surface area (Å²) >= 11 is 0. The highest BCUT2D eigenvalue weighted by Gasteiger charge is 2.15. The Hall–Kier alpha value is -1.83. The maximum absolute atomic E-state index is 10.9. The molecule has 15 heavy (non-hydrogen) atoms. The van der Waals surface area contributed by atoms with Crippen LogP contribution in [-0.4, -0.2) is 11.1 Å². The quantitative estimate of drug-likeness (QED) is 0.809. The van der Waals surface area contributed by atoms with E-state index in [1.807, 2.05) is 42.5 Å². The number of rotatable bonds is 2. The maximum atomic E-state index is 10.9. The van der Waals surface area contributed by atoms with Crippen molar-refractivity contribution < 1.29 is 9.90 Å². The van der Waals surface area contributed by atoms with Crippen LogP contribution in [-0.2, 0) is 4.79 Å². The van der Waals surface area contributed by atoms with Crippen LogP contribution in [0.1, 0.15) is 18.4 Å². The minimum atomic E-state index is -0.786. The predicted octanol–water partition coefficient (Wildman–Crippen LogP) is 3.03. The molecule has 2 heteroatoms. The first-order chi connectivity index (χ1) is 7.20. The summed E-state index contributed by atoms with van der Waals surface area (Å²) in [6.07, 6.45) is 0. The van der Waals surface area contributed by atoms with E-state index in [0.29, 0.717) is 0 Å². The Labute approximate surface area is 88.2 Å². The van der Waals surface area contributed by atoms with E-state index in [1.54, 1.807) is 6.92 Å². The topological polar surface area (TPSA) is 37.3 Å². The first-order valence-electron chi connectivity index (χ1n) is 4.90. The average Bonchev–Trinajstić information content (AvgIpc) is 2.27. The number of carbonyl (C=O) groups is 1. The van der Waals surface area contributed by atoms with Gasteiger partial charge in [0.25, 0.3) is 0 Å². The molecular weight excluding hydrogens is 188 g/mol. The van der Waals surface area contributed by atoms with Gasteiger partial charge >= 0.3 is 5.97 Å². The number of fused-ring (bicyclic) bond motifs is 1. The number of aliphatic carboxylic acids is 1. The molecule has 1 N–H and O–H groups in total. The molecule has 0 aliphatic heterocycles. The molecule has 2 rings (SSSR count). The second-order valence-corrected chi connectivity index (χ2v) is 3.63. The van der Waals surface area contributed by atoms with Crippen molar-refractivity contribution in [3.05, 3.63) is 48.0 Å². The largest absolute Gasteiger partial charge is 0.481 e. The lowest BCUT2D eigenvalue weighted by molar-refractivity contribution is -0.138. The van der Waals surface area contributed by atoms with Gasteiger partial charge in [-0.3, -0.25) is 4.79 Å². The zero-order valence-corrected chi connectivity index (χ0v) is 8.47. The van der Waals surface area contributed by atoms with E-state index < -0.39 is 11.9 Å². The molecule has 0 saturated heterocycles. The number of carboxylic acid groups (broad SMARTS) is 1. The number of hydrogen-bond acceptors (Lipinski definition) is 1. The van der Waals surface area contributed by atoms with Crippen LogP contribution in [0.4, 0.5) is 0 Å². The van der Waals surface area contributed by atoms with Crippen molar-refractivity contribution in [3.8, 4) is 0 Å². The third-order valence-electron chi connectivity index (χ3n) is 2.66. The molecule has 0 heterocycles. The Kier molecular flexibility index (Phi) is 2.42. The van der Waals surface area contributed by atoms with E-state index in [9.17, 15) is 4.79 Å². The second kappa shape index (κ2) is 3.73. The first-order valence-corrected chi connectivity index (χ1v) is 4.90. The standard InChI is InChI=1S/C13H12O2/c1-9(13(14)15)11-8-4-6-10-5-2-3-7-12(10)11/h2-9H,1H3,(H,14,15)/t9-/m0/s1. The van der Waals surface area contributed by atoms with Crippen LogP contribution in [0.3, 0.4) is 0 Å². The lowest BCUT2D eigenvalue weighted by Gasteiger charge is -2.09. The molecule has 2 aromatic rings. The number of benzene rings is 2. The van der Waals surface area contributed by atoms with E-state index in [4.69, 9.17) is 5.11 Å². The minimum absolute atomic E-state index is 0.462. The van der Waals surface area contributed by atoms with E-state index in [2.05, 4.69) is 0 Å². The van der Waals surface area contributed by atoms with Gasteiger partial charge in [-0.2, -0.15) is 0 Å². The normalized spacial score (nSPS) is 12.6. The Morgan fingerprint density at radius 2 is 1.80 bits per heavy atom. The maximum Gasteiger partial charge on any atom is 0.310 e. The van der Waals surface area contributed by atoms with E-state index in [1.165, 1.54) is 0 Å². The molecule has 1 atom stereocenters. The van der Waals surface area contributed by atoms with Crippen LogP contribution >= 0.6 is 0 Å². The molecule has 0 bridgehead atoms. The van der Waals surface area contributed by atoms with Crippen molar-refractivity contribution in [1.82, 2.24) is 0 Å². The second-order valence-electron chi connectivity index (χ2n) is 3.63. The Balaban J connectivity index is 2.65. The van der Waals surface area contributed by atoms with Gasteiger partial charge < -0.3 is 5.11 Å². The minimum Gasteiger partial charge on any atom is -0.481 e. The molecule has 0 aliphatic carbocycles. The van der Waals surface area contributed by atoms with Crippen molar-refractivity contribution in [1.29, 1.82) is 0 Å². The van der Waals surface area contributed by atoms with Crippen LogP contribution < -0.4 is 0 Å². The van der Waals surface area contributed by atoms with E-state index >= 15 is 0 Å². The molecule has 0 aliphatic rings. The summed E-state index contributed by atoms with van der Waals surface area (Å²) in [5.74, 6) is -1.25. The summed E-state index contributed by atoms with van der Waals surface area (Å²) in [6.45, 7) is 1.71. The summed E-state index contributed by atoms with van der Waals surface area (Å²) in [5, 5.41) is 11.1. The highest BCUT2D eigenvalue weighted by molar-refractivity contribution is 5.90. The molecule has 0 saturated carbocycles. The molecule has 0 unspecified atom stereocenters. The van der Waals surface area contributed by atoms with Gasteiger partial charge in [0, 0.05) is 0 Å². The predicted molar refractivity (Wildman–Crippen MR) is 60.0 cm³/mol. The number of hydrogen-bond donors (Lipinski definition) is 1. The fourth-order valence-electron chi connectivity index (χ4n) is 1.76. The highest BCUT2D eigenvalue weighted by Crippen LogP contribution is 2.25. The van der Waals surface area contributed by atoms with Crippen LogP contribution in [0, 0.1) is 0 Å². The molecule has 0 spiro atoms. The molecule has 0 radical (unpaired) electrons. The van der Waals surface area contributed by atoms with E-state index in [0.717, 1.165) is 16.3 Å². The summed E-state index contributed by atoms with van der Waals surface area (Å²) in [6, 6.07) is 13.6. The fraction of sp³-hybridized carbons (Fsp3) is 0.154. The lowest BCUT2D eigenvalue weighted by atomic mass is 9.95. The smallest absolute Gasteiger partial charge is 0.310 e. The lowest BCUT2D eigenvalue weighted by Crippen LogP contribution is -2.07. The molecule has 76 valence electrons. The zero-order chi connectivity index (χ0) is 10.8. The van der Waals surface area contributed by atoms with Gasteiger partial charge in [0.2, 0.25) is 0 Å². The zero-order valence-electron chi connectivity index (χ0n) is 8.47. The van der Waals surface area contributed by atoms with Gasteiger partial charge in [0.1, 0.15) is 0 Å². The Morgan fingerprint density at radius 3 is 2.53 bits per heavy atom. The SMILES string of the molecule is C[C@H](C(=O)O)c1cccc2ccccc12. The van der Waals surface area contributed by atoms with Crippen LogP contribution in [0.25, 0.3) is 10.8 Å². The van der Waals surface area contributed by atoms with Crippen LogP contribution in [0.2, 0.25) is 0 Å². The van der Waals surface area contributed by atoms with Gasteiger partial charge in [0.15, 0.2) is 0 Å². The molecular formula is C13H12O2. The van der Waals surface area contributed by atoms with Gasteiger partial charge in [-0.1, -0.05) is 42.5 Å². The molecule has 0 amide bonds. The summed E-state index contributed by atoms with van der Waals surface area (Å²) in [7, 11) is 0. The molecule has 0 aromatic heterocycles. The molecule has 2 nitrogen and oxygen atoms in total. The van der Waals surface area contributed by atoms with Gasteiger partial charge in [-0.25, -0.2) is 0 Å². The van der Waals surface area contributed by atoms with Crippen molar-refractivity contribution in [3.63, 3.8) is 0 Å². The van der Waals surface area contributed by atoms with Crippen LogP contribution in [0.15, 0.2) is 42.5 Å².